The van der Waals surface area contributed by atoms with E-state index in [-0.39, 0.29) is 0 Å². The molecule has 0 aliphatic heterocycles. The Balaban J connectivity index is 1.62. The van der Waals surface area contributed by atoms with E-state index >= 15 is 0 Å². The van der Waals surface area contributed by atoms with Crippen molar-refractivity contribution in [2.75, 3.05) is 0 Å². The van der Waals surface area contributed by atoms with Crippen molar-refractivity contribution in [3.63, 3.8) is 0 Å². The van der Waals surface area contributed by atoms with Gasteiger partial charge in [-0.25, -0.2) is 9.97 Å². The maximum absolute atomic E-state index is 9.78. The van der Waals surface area contributed by atoms with E-state index in [2.05, 4.69) is 126 Å². The van der Waals surface area contributed by atoms with Crippen LogP contribution in [0.3, 0.4) is 0 Å². The Kier molecular flexibility index (Phi) is 6.65. The van der Waals surface area contributed by atoms with Gasteiger partial charge < -0.3 is 0 Å². The molecule has 0 N–H and O–H groups in total. The van der Waals surface area contributed by atoms with Gasteiger partial charge in [0.25, 0.3) is 0 Å². The van der Waals surface area contributed by atoms with Crippen LogP contribution in [-0.2, 0) is 0 Å². The van der Waals surface area contributed by atoms with Crippen molar-refractivity contribution >= 4 is 28.8 Å². The van der Waals surface area contributed by atoms with Crippen LogP contribution in [0.4, 0.5) is 0 Å². The van der Waals surface area contributed by atoms with E-state index in [1.807, 2.05) is 30.3 Å². The highest BCUT2D eigenvalue weighted by Gasteiger charge is 2.41. The van der Waals surface area contributed by atoms with Gasteiger partial charge in [-0.15, -0.1) is 0 Å². The number of benzene rings is 5. The maximum Gasteiger partial charge on any atom is 0.179 e. The summed E-state index contributed by atoms with van der Waals surface area (Å²) in [4.78, 5) is 9.41. The molecule has 0 amide bonds. The quantitative estimate of drug-likeness (QED) is 0.230. The molecule has 6 aromatic rings. The molecule has 0 radical (unpaired) electrons. The lowest BCUT2D eigenvalue weighted by Crippen LogP contribution is -2.74. The molecular weight excluding hydrogens is 490 g/mol. The van der Waals surface area contributed by atoms with Crippen molar-refractivity contribution in [2.45, 2.75) is 0 Å². The number of nitriles is 1. The molecule has 0 atom stereocenters. The van der Waals surface area contributed by atoms with Crippen LogP contribution in [0.5, 0.6) is 0 Å². The fourth-order valence-corrected chi connectivity index (χ4v) is 10.1. The van der Waals surface area contributed by atoms with Gasteiger partial charge >= 0.3 is 0 Å². The molecule has 0 aliphatic carbocycles. The second kappa shape index (κ2) is 10.7. The second-order valence-corrected chi connectivity index (χ2v) is 13.2. The molecule has 39 heavy (non-hydrogen) atoms. The van der Waals surface area contributed by atoms with Crippen LogP contribution in [0.1, 0.15) is 5.69 Å². The number of nitrogens with zero attached hydrogens (tertiary/aromatic N) is 3. The molecule has 0 spiro atoms. The van der Waals surface area contributed by atoms with Gasteiger partial charge in [-0.05, 0) is 20.7 Å². The highest BCUT2D eigenvalue weighted by atomic mass is 28.3. The van der Waals surface area contributed by atoms with Crippen molar-refractivity contribution in [1.29, 1.82) is 5.26 Å². The number of aromatic nitrogens is 2. The van der Waals surface area contributed by atoms with Crippen LogP contribution in [0, 0.1) is 11.3 Å². The van der Waals surface area contributed by atoms with E-state index in [0.717, 1.165) is 16.8 Å². The van der Waals surface area contributed by atoms with Crippen molar-refractivity contribution in [2.24, 2.45) is 0 Å². The van der Waals surface area contributed by atoms with Gasteiger partial charge in [-0.1, -0.05) is 146 Å². The van der Waals surface area contributed by atoms with E-state index in [0.29, 0.717) is 11.5 Å². The lowest BCUT2D eigenvalue weighted by atomic mass is 10.1. The Hall–Kier alpha value is -5.11. The largest absolute Gasteiger partial charge is 0.228 e. The maximum atomic E-state index is 9.78. The zero-order valence-electron chi connectivity index (χ0n) is 21.3. The Labute approximate surface area is 229 Å². The second-order valence-electron chi connectivity index (χ2n) is 9.37. The minimum atomic E-state index is -2.67. The molecule has 5 aromatic carbocycles. The number of rotatable bonds is 6. The normalized spacial score (nSPS) is 11.1. The van der Waals surface area contributed by atoms with Crippen LogP contribution in [-0.4, -0.2) is 18.0 Å². The molecule has 0 bridgehead atoms. The van der Waals surface area contributed by atoms with Crippen LogP contribution in [0.15, 0.2) is 152 Å². The molecule has 0 saturated carbocycles. The van der Waals surface area contributed by atoms with E-state index in [1.54, 1.807) is 6.07 Å². The molecule has 0 aliphatic rings. The smallest absolute Gasteiger partial charge is 0.179 e. The van der Waals surface area contributed by atoms with E-state index in [9.17, 15) is 5.26 Å². The molecule has 6 rings (SSSR count). The van der Waals surface area contributed by atoms with Crippen molar-refractivity contribution < 1.29 is 0 Å². The zero-order chi connectivity index (χ0) is 26.5. The van der Waals surface area contributed by atoms with Crippen LogP contribution in [0.2, 0.25) is 0 Å². The number of hydrogen-bond donors (Lipinski definition) is 0. The monoisotopic (exact) mass is 515 g/mol. The molecule has 3 nitrogen and oxygen atoms in total. The average molecular weight is 516 g/mol. The SMILES string of the molecule is N#Cc1cc(-c2cccc([Si](c3ccccc3)(c3ccccc3)c3ccccc3)c2)nc(-c2ccccc2)n1. The first-order chi connectivity index (χ1) is 19.3. The van der Waals surface area contributed by atoms with Crippen molar-refractivity contribution in [3.8, 4) is 28.7 Å². The highest BCUT2D eigenvalue weighted by Crippen LogP contribution is 2.23. The van der Waals surface area contributed by atoms with E-state index in [1.165, 1.54) is 20.7 Å². The summed E-state index contributed by atoms with van der Waals surface area (Å²) in [6.45, 7) is 0. The third kappa shape index (κ3) is 4.57. The summed E-state index contributed by atoms with van der Waals surface area (Å²) >= 11 is 0. The summed E-state index contributed by atoms with van der Waals surface area (Å²) in [6.07, 6.45) is 0. The number of hydrogen-bond acceptors (Lipinski definition) is 3. The highest BCUT2D eigenvalue weighted by molar-refractivity contribution is 7.19. The van der Waals surface area contributed by atoms with Crippen LogP contribution in [0.25, 0.3) is 22.6 Å². The van der Waals surface area contributed by atoms with Crippen molar-refractivity contribution in [1.82, 2.24) is 9.97 Å². The van der Waals surface area contributed by atoms with Gasteiger partial charge in [0.15, 0.2) is 13.9 Å². The molecule has 1 aromatic heterocycles. The molecule has 1 heterocycles. The summed E-state index contributed by atoms with van der Waals surface area (Å²) < 4.78 is 0. The molecule has 0 saturated heterocycles. The Morgan fingerprint density at radius 2 is 0.923 bits per heavy atom. The summed E-state index contributed by atoms with van der Waals surface area (Å²) in [5.74, 6) is 0.549. The Morgan fingerprint density at radius 1 is 0.462 bits per heavy atom. The summed E-state index contributed by atoms with van der Waals surface area (Å²) in [6, 6.07) is 55.0. The third-order valence-corrected chi connectivity index (χ3v) is 11.9. The molecule has 0 fully saturated rings. The molecule has 0 unspecified atom stereocenters. The standard InChI is InChI=1S/C35H25N3Si/c36-26-29-25-34(38-35(37-29)27-14-5-1-6-15-27)28-16-13-23-33(24-28)39(30-17-7-2-8-18-30,31-19-9-3-10-20-31)32-21-11-4-12-22-32/h1-25H. The average Bonchev–Trinajstić information content (AvgIpc) is 3.03. The van der Waals surface area contributed by atoms with Gasteiger partial charge in [-0.3, -0.25) is 0 Å². The van der Waals surface area contributed by atoms with Gasteiger partial charge in [0.2, 0.25) is 0 Å². The molecule has 184 valence electrons. The molecule has 4 heteroatoms. The fourth-order valence-electron chi connectivity index (χ4n) is 5.34. The van der Waals surface area contributed by atoms with Gasteiger partial charge in [-0.2, -0.15) is 5.26 Å². The first-order valence-corrected chi connectivity index (χ1v) is 14.9. The lowest BCUT2D eigenvalue weighted by molar-refractivity contribution is 1.15. The van der Waals surface area contributed by atoms with Gasteiger partial charge in [0.05, 0.1) is 5.69 Å². The van der Waals surface area contributed by atoms with E-state index in [4.69, 9.17) is 4.98 Å². The lowest BCUT2D eigenvalue weighted by Gasteiger charge is -2.34. The van der Waals surface area contributed by atoms with E-state index < -0.39 is 8.07 Å². The van der Waals surface area contributed by atoms with Crippen LogP contribution >= 0.6 is 0 Å². The van der Waals surface area contributed by atoms with Crippen molar-refractivity contribution in [3.05, 3.63) is 157 Å². The summed E-state index contributed by atoms with van der Waals surface area (Å²) in [5.41, 5.74) is 2.93. The summed E-state index contributed by atoms with van der Waals surface area (Å²) in [5, 5.41) is 15.0. The Bertz CT molecular complexity index is 1650. The van der Waals surface area contributed by atoms with Gasteiger partial charge in [0, 0.05) is 17.2 Å². The topological polar surface area (TPSA) is 49.6 Å². The minimum absolute atomic E-state index is 0.349. The third-order valence-electron chi connectivity index (χ3n) is 7.08. The Morgan fingerprint density at radius 3 is 1.44 bits per heavy atom. The predicted molar refractivity (Wildman–Crippen MR) is 161 cm³/mol. The molecular formula is C35H25N3Si. The minimum Gasteiger partial charge on any atom is -0.228 e. The fraction of sp³-hybridized carbons (Fsp3) is 0. The van der Waals surface area contributed by atoms with Crippen LogP contribution < -0.4 is 20.7 Å². The summed E-state index contributed by atoms with van der Waals surface area (Å²) in [7, 11) is -2.67. The first kappa shape index (κ1) is 24.2. The first-order valence-electron chi connectivity index (χ1n) is 12.9. The zero-order valence-corrected chi connectivity index (χ0v) is 22.3. The van der Waals surface area contributed by atoms with Gasteiger partial charge in [0.1, 0.15) is 11.8 Å². The predicted octanol–water partition coefficient (Wildman–Crippen LogP) is 5.06.